The standard InChI is InChI=1S/C30H40N4O3/c1-30(2,3)37-36-22-10-18-34-21-17-31-28(29(34)35)32-26-15-19-33(20-16-26)23-27(24-11-6-4-7-12-24)25-13-8-5-9-14-25/h4-9,11-14,17,21,26-27H,10,15-16,18-20,22-23H2,1-3H3,(H,31,32). The molecule has 2 heterocycles. The number of anilines is 1. The SMILES string of the molecule is CC(C)(C)OOCCCn1ccnc(NC2CCN(CC(c3ccccc3)c3ccccc3)CC2)c1=O. The number of hydrogen-bond donors (Lipinski definition) is 1. The molecule has 198 valence electrons. The molecular formula is C30H40N4O3. The van der Waals surface area contributed by atoms with E-state index >= 15 is 0 Å². The summed E-state index contributed by atoms with van der Waals surface area (Å²) in [4.78, 5) is 30.4. The summed E-state index contributed by atoms with van der Waals surface area (Å²) in [6.07, 6.45) is 6.06. The molecule has 0 saturated carbocycles. The van der Waals surface area contributed by atoms with E-state index in [1.54, 1.807) is 17.0 Å². The highest BCUT2D eigenvalue weighted by Crippen LogP contribution is 2.27. The fraction of sp³-hybridized carbons (Fsp3) is 0.467. The maximum absolute atomic E-state index is 12.9. The number of rotatable bonds is 11. The molecule has 2 aromatic carbocycles. The molecule has 4 rings (SSSR count). The minimum absolute atomic E-state index is 0.0881. The van der Waals surface area contributed by atoms with Gasteiger partial charge in [-0.25, -0.2) is 14.8 Å². The van der Waals surface area contributed by atoms with Crippen LogP contribution in [0.1, 0.15) is 57.1 Å². The van der Waals surface area contributed by atoms with E-state index in [9.17, 15) is 4.79 Å². The van der Waals surface area contributed by atoms with Crippen LogP contribution in [0.3, 0.4) is 0 Å². The van der Waals surface area contributed by atoms with Crippen molar-refractivity contribution < 1.29 is 9.78 Å². The molecule has 1 N–H and O–H groups in total. The fourth-order valence-corrected chi connectivity index (χ4v) is 4.72. The molecule has 0 aliphatic carbocycles. The highest BCUT2D eigenvalue weighted by molar-refractivity contribution is 5.34. The van der Waals surface area contributed by atoms with E-state index in [1.165, 1.54) is 11.1 Å². The minimum Gasteiger partial charge on any atom is -0.363 e. The lowest BCUT2D eigenvalue weighted by Gasteiger charge is -2.35. The number of piperidine rings is 1. The summed E-state index contributed by atoms with van der Waals surface area (Å²) >= 11 is 0. The van der Waals surface area contributed by atoms with Crippen molar-refractivity contribution in [3.05, 3.63) is 94.5 Å². The van der Waals surface area contributed by atoms with Crippen molar-refractivity contribution in [1.29, 1.82) is 0 Å². The zero-order valence-corrected chi connectivity index (χ0v) is 22.3. The largest absolute Gasteiger partial charge is 0.363 e. The van der Waals surface area contributed by atoms with Gasteiger partial charge in [-0.2, -0.15) is 0 Å². The van der Waals surface area contributed by atoms with Crippen molar-refractivity contribution in [3.63, 3.8) is 0 Å². The number of likely N-dealkylation sites (tertiary alicyclic amines) is 1. The second kappa shape index (κ2) is 13.0. The number of nitrogens with one attached hydrogen (secondary N) is 1. The normalized spacial score (nSPS) is 15.2. The molecule has 0 bridgehead atoms. The zero-order chi connectivity index (χ0) is 26.1. The quantitative estimate of drug-likeness (QED) is 0.223. The van der Waals surface area contributed by atoms with E-state index in [2.05, 4.69) is 75.9 Å². The summed E-state index contributed by atoms with van der Waals surface area (Å²) in [7, 11) is 0. The van der Waals surface area contributed by atoms with Gasteiger partial charge in [0.05, 0.1) is 12.2 Å². The molecule has 1 aliphatic heterocycles. The summed E-state index contributed by atoms with van der Waals surface area (Å²) in [5, 5.41) is 3.42. The van der Waals surface area contributed by atoms with E-state index in [-0.39, 0.29) is 17.2 Å². The molecule has 7 nitrogen and oxygen atoms in total. The Labute approximate surface area is 220 Å². The van der Waals surface area contributed by atoms with Gasteiger partial charge in [0.25, 0.3) is 5.56 Å². The maximum Gasteiger partial charge on any atom is 0.293 e. The van der Waals surface area contributed by atoms with Gasteiger partial charge < -0.3 is 14.8 Å². The number of benzene rings is 2. The summed E-state index contributed by atoms with van der Waals surface area (Å²) in [5.74, 6) is 0.770. The van der Waals surface area contributed by atoms with Crippen LogP contribution < -0.4 is 10.9 Å². The van der Waals surface area contributed by atoms with Gasteiger partial charge in [0.15, 0.2) is 5.82 Å². The maximum atomic E-state index is 12.9. The van der Waals surface area contributed by atoms with Gasteiger partial charge in [-0.15, -0.1) is 0 Å². The Kier molecular flexibility index (Phi) is 9.50. The highest BCUT2D eigenvalue weighted by Gasteiger charge is 2.24. The second-order valence-electron chi connectivity index (χ2n) is 10.7. The Bertz CT molecular complexity index is 1100. The van der Waals surface area contributed by atoms with E-state index in [1.807, 2.05) is 20.8 Å². The van der Waals surface area contributed by atoms with Crippen molar-refractivity contribution in [1.82, 2.24) is 14.5 Å². The van der Waals surface area contributed by atoms with Crippen LogP contribution >= 0.6 is 0 Å². The van der Waals surface area contributed by atoms with Gasteiger partial charge in [-0.1, -0.05) is 60.7 Å². The van der Waals surface area contributed by atoms with E-state index in [4.69, 9.17) is 9.78 Å². The third-order valence-electron chi connectivity index (χ3n) is 6.62. The van der Waals surface area contributed by atoms with E-state index in [0.29, 0.717) is 31.3 Å². The molecular weight excluding hydrogens is 464 g/mol. The van der Waals surface area contributed by atoms with Crippen LogP contribution in [-0.4, -0.2) is 52.3 Å². The summed E-state index contributed by atoms with van der Waals surface area (Å²) < 4.78 is 1.69. The monoisotopic (exact) mass is 504 g/mol. The Morgan fingerprint density at radius 2 is 1.62 bits per heavy atom. The number of hydrogen-bond acceptors (Lipinski definition) is 6. The average molecular weight is 505 g/mol. The Hall–Kier alpha value is -3.00. The smallest absolute Gasteiger partial charge is 0.293 e. The Morgan fingerprint density at radius 3 is 2.22 bits per heavy atom. The predicted octanol–water partition coefficient (Wildman–Crippen LogP) is 5.09. The number of aromatic nitrogens is 2. The van der Waals surface area contributed by atoms with Crippen molar-refractivity contribution in [2.24, 2.45) is 0 Å². The third kappa shape index (κ3) is 8.25. The van der Waals surface area contributed by atoms with Gasteiger partial charge in [0.1, 0.15) is 0 Å². The van der Waals surface area contributed by atoms with Crippen LogP contribution in [0.15, 0.2) is 77.9 Å². The Balaban J connectivity index is 1.29. The first-order valence-electron chi connectivity index (χ1n) is 13.3. The van der Waals surface area contributed by atoms with Crippen LogP contribution in [0.2, 0.25) is 0 Å². The van der Waals surface area contributed by atoms with E-state index in [0.717, 1.165) is 32.5 Å². The molecule has 0 spiro atoms. The molecule has 1 fully saturated rings. The molecule has 0 radical (unpaired) electrons. The lowest BCUT2D eigenvalue weighted by atomic mass is 9.90. The third-order valence-corrected chi connectivity index (χ3v) is 6.62. The molecule has 0 amide bonds. The molecule has 7 heteroatoms. The zero-order valence-electron chi connectivity index (χ0n) is 22.3. The van der Waals surface area contributed by atoms with Crippen LogP contribution in [0.4, 0.5) is 5.82 Å². The number of aryl methyl sites for hydroxylation is 1. The van der Waals surface area contributed by atoms with Gasteiger partial charge in [0, 0.05) is 50.5 Å². The molecule has 0 atom stereocenters. The topological polar surface area (TPSA) is 68.6 Å². The lowest BCUT2D eigenvalue weighted by Crippen LogP contribution is -2.42. The first-order chi connectivity index (χ1) is 17.9. The lowest BCUT2D eigenvalue weighted by molar-refractivity contribution is -0.348. The van der Waals surface area contributed by atoms with Crippen LogP contribution in [-0.2, 0) is 16.3 Å². The van der Waals surface area contributed by atoms with Crippen molar-refractivity contribution in [3.8, 4) is 0 Å². The van der Waals surface area contributed by atoms with Gasteiger partial charge in [0.2, 0.25) is 0 Å². The van der Waals surface area contributed by atoms with E-state index < -0.39 is 0 Å². The molecule has 0 unspecified atom stereocenters. The average Bonchev–Trinajstić information content (AvgIpc) is 2.90. The first kappa shape index (κ1) is 27.0. The molecule has 37 heavy (non-hydrogen) atoms. The van der Waals surface area contributed by atoms with Crippen LogP contribution in [0.25, 0.3) is 0 Å². The van der Waals surface area contributed by atoms with Crippen molar-refractivity contribution in [2.75, 3.05) is 31.6 Å². The van der Waals surface area contributed by atoms with Gasteiger partial charge in [-0.3, -0.25) is 4.79 Å². The van der Waals surface area contributed by atoms with Gasteiger partial charge >= 0.3 is 0 Å². The molecule has 1 aromatic heterocycles. The summed E-state index contributed by atoms with van der Waals surface area (Å²) in [6.45, 7) is 9.76. The highest BCUT2D eigenvalue weighted by atomic mass is 17.2. The number of nitrogens with zero attached hydrogens (tertiary/aromatic N) is 3. The van der Waals surface area contributed by atoms with Crippen LogP contribution in [0.5, 0.6) is 0 Å². The first-order valence-corrected chi connectivity index (χ1v) is 13.3. The molecule has 1 saturated heterocycles. The predicted molar refractivity (Wildman–Crippen MR) is 148 cm³/mol. The Morgan fingerprint density at radius 1 is 1.00 bits per heavy atom. The molecule has 3 aromatic rings. The van der Waals surface area contributed by atoms with Crippen LogP contribution in [0, 0.1) is 0 Å². The summed E-state index contributed by atoms with van der Waals surface area (Å²) in [6, 6.07) is 21.8. The van der Waals surface area contributed by atoms with Gasteiger partial charge in [-0.05, 0) is 51.2 Å². The summed E-state index contributed by atoms with van der Waals surface area (Å²) in [5.41, 5.74) is 2.26. The molecule has 1 aliphatic rings. The fourth-order valence-electron chi connectivity index (χ4n) is 4.72. The van der Waals surface area contributed by atoms with Crippen molar-refractivity contribution in [2.45, 2.75) is 64.1 Å². The minimum atomic E-state index is -0.343. The second-order valence-corrected chi connectivity index (χ2v) is 10.7. The van der Waals surface area contributed by atoms with Crippen molar-refractivity contribution >= 4 is 5.82 Å².